The van der Waals surface area contributed by atoms with Gasteiger partial charge in [-0.1, -0.05) is 17.8 Å². The average molecular weight is 276 g/mol. The Morgan fingerprint density at radius 2 is 2.11 bits per heavy atom. The summed E-state index contributed by atoms with van der Waals surface area (Å²) in [6.07, 6.45) is 3.54. The van der Waals surface area contributed by atoms with Crippen molar-refractivity contribution in [3.63, 3.8) is 0 Å². The van der Waals surface area contributed by atoms with E-state index in [-0.39, 0.29) is 5.91 Å². The molecule has 0 aliphatic carbocycles. The zero-order valence-electron chi connectivity index (χ0n) is 10.6. The maximum absolute atomic E-state index is 12.2. The second-order valence-electron chi connectivity index (χ2n) is 4.72. The number of aromatic nitrogens is 1. The standard InChI is InChI=1S/C13H16N4OS/c14-13-15-10-5-4-9(8-11(10)19-13)12(18)16-17-6-2-1-3-7-17/h4-5,8H,1-3,6-7H2,(H2,14,15)(H,16,18). The number of hydrogen-bond donors (Lipinski definition) is 2. The molecule has 2 aromatic rings. The lowest BCUT2D eigenvalue weighted by Crippen LogP contribution is -2.45. The summed E-state index contributed by atoms with van der Waals surface area (Å²) in [4.78, 5) is 16.3. The molecule has 1 aliphatic rings. The Balaban J connectivity index is 1.76. The highest BCUT2D eigenvalue weighted by Crippen LogP contribution is 2.24. The highest BCUT2D eigenvalue weighted by molar-refractivity contribution is 7.22. The van der Waals surface area contributed by atoms with Crippen LogP contribution in [0, 0.1) is 0 Å². The van der Waals surface area contributed by atoms with Gasteiger partial charge in [-0.15, -0.1) is 0 Å². The quantitative estimate of drug-likeness (QED) is 0.880. The van der Waals surface area contributed by atoms with Gasteiger partial charge in [0.2, 0.25) is 0 Å². The fraction of sp³-hybridized carbons (Fsp3) is 0.385. The van der Waals surface area contributed by atoms with Crippen molar-refractivity contribution in [3.8, 4) is 0 Å². The molecule has 2 heterocycles. The summed E-state index contributed by atoms with van der Waals surface area (Å²) in [5.41, 5.74) is 10.1. The molecule has 1 fully saturated rings. The van der Waals surface area contributed by atoms with Crippen molar-refractivity contribution in [1.29, 1.82) is 0 Å². The lowest BCUT2D eigenvalue weighted by atomic mass is 10.1. The monoisotopic (exact) mass is 276 g/mol. The zero-order valence-corrected chi connectivity index (χ0v) is 11.4. The molecular weight excluding hydrogens is 260 g/mol. The first-order valence-corrected chi connectivity index (χ1v) is 7.26. The highest BCUT2D eigenvalue weighted by Gasteiger charge is 2.14. The SMILES string of the molecule is Nc1nc2ccc(C(=O)NN3CCCCC3)cc2s1. The van der Waals surface area contributed by atoms with Crippen LogP contribution >= 0.6 is 11.3 Å². The van der Waals surface area contributed by atoms with E-state index in [4.69, 9.17) is 5.73 Å². The number of amides is 1. The van der Waals surface area contributed by atoms with Crippen molar-refractivity contribution in [2.45, 2.75) is 19.3 Å². The summed E-state index contributed by atoms with van der Waals surface area (Å²) in [7, 11) is 0. The number of rotatable bonds is 2. The summed E-state index contributed by atoms with van der Waals surface area (Å²) >= 11 is 1.40. The molecule has 1 aromatic heterocycles. The summed E-state index contributed by atoms with van der Waals surface area (Å²) in [5, 5.41) is 2.53. The van der Waals surface area contributed by atoms with E-state index < -0.39 is 0 Å². The van der Waals surface area contributed by atoms with Gasteiger partial charge in [-0.25, -0.2) is 9.99 Å². The van der Waals surface area contributed by atoms with E-state index in [1.807, 2.05) is 17.1 Å². The van der Waals surface area contributed by atoms with Crippen molar-refractivity contribution in [2.24, 2.45) is 0 Å². The fourth-order valence-electron chi connectivity index (χ4n) is 2.30. The number of benzene rings is 1. The number of thiazole rings is 1. The second kappa shape index (κ2) is 5.14. The topological polar surface area (TPSA) is 71.2 Å². The molecule has 0 unspecified atom stereocenters. The number of anilines is 1. The molecule has 0 saturated carbocycles. The summed E-state index contributed by atoms with van der Waals surface area (Å²) < 4.78 is 0.948. The molecule has 1 amide bonds. The maximum atomic E-state index is 12.2. The van der Waals surface area contributed by atoms with E-state index in [2.05, 4.69) is 10.4 Å². The third-order valence-electron chi connectivity index (χ3n) is 3.28. The minimum atomic E-state index is -0.0595. The van der Waals surface area contributed by atoms with Gasteiger partial charge in [-0.3, -0.25) is 10.2 Å². The number of nitrogen functional groups attached to an aromatic ring is 1. The molecule has 0 atom stereocenters. The lowest BCUT2D eigenvalue weighted by molar-refractivity contribution is 0.0750. The third-order valence-corrected chi connectivity index (χ3v) is 4.13. The molecule has 1 aromatic carbocycles. The van der Waals surface area contributed by atoms with Crippen molar-refractivity contribution in [1.82, 2.24) is 15.4 Å². The number of fused-ring (bicyclic) bond motifs is 1. The molecule has 6 heteroatoms. The second-order valence-corrected chi connectivity index (χ2v) is 5.79. The molecule has 5 nitrogen and oxygen atoms in total. The smallest absolute Gasteiger partial charge is 0.265 e. The van der Waals surface area contributed by atoms with Gasteiger partial charge in [0.25, 0.3) is 5.91 Å². The molecule has 3 N–H and O–H groups in total. The Morgan fingerprint density at radius 3 is 2.89 bits per heavy atom. The van der Waals surface area contributed by atoms with E-state index in [0.717, 1.165) is 36.1 Å². The average Bonchev–Trinajstić information content (AvgIpc) is 2.78. The van der Waals surface area contributed by atoms with Crippen LogP contribution in [0.5, 0.6) is 0 Å². The molecule has 19 heavy (non-hydrogen) atoms. The van der Waals surface area contributed by atoms with Gasteiger partial charge in [0.15, 0.2) is 5.13 Å². The summed E-state index contributed by atoms with van der Waals surface area (Å²) in [6.45, 7) is 1.86. The number of carbonyl (C=O) groups excluding carboxylic acids is 1. The van der Waals surface area contributed by atoms with Gasteiger partial charge in [0, 0.05) is 18.7 Å². The third kappa shape index (κ3) is 2.69. The van der Waals surface area contributed by atoms with Crippen LogP contribution in [0.25, 0.3) is 10.2 Å². The molecule has 0 bridgehead atoms. The first-order chi connectivity index (χ1) is 9.22. The molecular formula is C13H16N4OS. The molecule has 1 saturated heterocycles. The lowest BCUT2D eigenvalue weighted by Gasteiger charge is -2.26. The largest absolute Gasteiger partial charge is 0.375 e. The van der Waals surface area contributed by atoms with Crippen LogP contribution in [0.4, 0.5) is 5.13 Å². The number of nitrogens with zero attached hydrogens (tertiary/aromatic N) is 2. The van der Waals surface area contributed by atoms with Crippen LogP contribution < -0.4 is 11.2 Å². The molecule has 0 spiro atoms. The van der Waals surface area contributed by atoms with Gasteiger partial charge in [-0.05, 0) is 31.0 Å². The van der Waals surface area contributed by atoms with Crippen molar-refractivity contribution < 1.29 is 4.79 Å². The predicted molar refractivity (Wildman–Crippen MR) is 76.9 cm³/mol. The minimum Gasteiger partial charge on any atom is -0.375 e. The van der Waals surface area contributed by atoms with Crippen molar-refractivity contribution in [2.75, 3.05) is 18.8 Å². The Morgan fingerprint density at radius 1 is 1.32 bits per heavy atom. The van der Waals surface area contributed by atoms with E-state index in [9.17, 15) is 4.79 Å². The van der Waals surface area contributed by atoms with Gasteiger partial charge in [0.1, 0.15) is 0 Å². The van der Waals surface area contributed by atoms with Crippen LogP contribution in [0.15, 0.2) is 18.2 Å². The number of nitrogens with one attached hydrogen (secondary N) is 1. The van der Waals surface area contributed by atoms with E-state index in [1.165, 1.54) is 17.8 Å². The predicted octanol–water partition coefficient (Wildman–Crippen LogP) is 2.01. The Kier molecular flexibility index (Phi) is 3.35. The first-order valence-electron chi connectivity index (χ1n) is 6.44. The summed E-state index contributed by atoms with van der Waals surface area (Å²) in [6, 6.07) is 5.48. The Labute approximate surface area is 115 Å². The van der Waals surface area contributed by atoms with Gasteiger partial charge < -0.3 is 5.73 Å². The molecule has 0 radical (unpaired) electrons. The first kappa shape index (κ1) is 12.4. The maximum Gasteiger partial charge on any atom is 0.265 e. The normalized spacial score (nSPS) is 16.6. The van der Waals surface area contributed by atoms with E-state index in [1.54, 1.807) is 6.07 Å². The van der Waals surface area contributed by atoms with Crippen molar-refractivity contribution in [3.05, 3.63) is 23.8 Å². The highest BCUT2D eigenvalue weighted by atomic mass is 32.1. The van der Waals surface area contributed by atoms with Gasteiger partial charge in [-0.2, -0.15) is 0 Å². The van der Waals surface area contributed by atoms with Crippen LogP contribution in [0.3, 0.4) is 0 Å². The number of nitrogens with two attached hydrogens (primary N) is 1. The zero-order chi connectivity index (χ0) is 13.2. The Bertz CT molecular complexity index is 604. The van der Waals surface area contributed by atoms with Crippen molar-refractivity contribution >= 4 is 32.6 Å². The fourth-order valence-corrected chi connectivity index (χ4v) is 3.07. The van der Waals surface area contributed by atoms with Crippen LogP contribution in [-0.2, 0) is 0 Å². The van der Waals surface area contributed by atoms with E-state index in [0.29, 0.717) is 10.7 Å². The van der Waals surface area contributed by atoms with Crippen LogP contribution in [-0.4, -0.2) is 29.0 Å². The van der Waals surface area contributed by atoms with Gasteiger partial charge in [0.05, 0.1) is 10.2 Å². The Hall–Kier alpha value is -1.66. The number of hydrogen-bond acceptors (Lipinski definition) is 5. The number of piperidine rings is 1. The van der Waals surface area contributed by atoms with Crippen LogP contribution in [0.2, 0.25) is 0 Å². The number of hydrazine groups is 1. The number of carbonyl (C=O) groups is 1. The van der Waals surface area contributed by atoms with E-state index >= 15 is 0 Å². The molecule has 100 valence electrons. The van der Waals surface area contributed by atoms with Crippen LogP contribution in [0.1, 0.15) is 29.6 Å². The molecule has 3 rings (SSSR count). The van der Waals surface area contributed by atoms with Gasteiger partial charge >= 0.3 is 0 Å². The minimum absolute atomic E-state index is 0.0595. The molecule has 1 aliphatic heterocycles. The summed E-state index contributed by atoms with van der Waals surface area (Å²) in [5.74, 6) is -0.0595.